The van der Waals surface area contributed by atoms with Gasteiger partial charge in [0.15, 0.2) is 5.82 Å². The number of amides is 1. The second-order valence-corrected chi connectivity index (χ2v) is 12.9. The Bertz CT molecular complexity index is 1480. The maximum absolute atomic E-state index is 12.8. The summed E-state index contributed by atoms with van der Waals surface area (Å²) in [6, 6.07) is 10.6. The van der Waals surface area contributed by atoms with Crippen molar-refractivity contribution in [2.24, 2.45) is 5.73 Å². The molecule has 3 aromatic rings. The number of nitrogens with one attached hydrogen (secondary N) is 3. The normalized spacial score (nSPS) is 11.1. The molecule has 0 fully saturated rings. The average Bonchev–Trinajstić information content (AvgIpc) is 2.84. The third-order valence-corrected chi connectivity index (χ3v) is 6.86. The highest BCUT2D eigenvalue weighted by Crippen LogP contribution is 2.39. The zero-order chi connectivity index (χ0) is 28.1. The fraction of sp³-hybridized carbons (Fsp3) is 0.222. The highest BCUT2D eigenvalue weighted by molar-refractivity contribution is 7.70. The van der Waals surface area contributed by atoms with Gasteiger partial charge in [0, 0.05) is 11.4 Å². The predicted molar refractivity (Wildman–Crippen MR) is 156 cm³/mol. The number of aromatic nitrogens is 2. The van der Waals surface area contributed by atoms with Gasteiger partial charge in [0.25, 0.3) is 0 Å². The lowest BCUT2D eigenvalue weighted by atomic mass is 10.1. The number of anilines is 5. The minimum atomic E-state index is -2.57. The maximum atomic E-state index is 12.8. The standard InChI is InChI=1S/C27H30ClN6O3P/c1-7-24(35)31-20-15-21(22(37-4)14-17(20)12-13-27(2,3)29)33-26-30-16-18(28)25(34-26)32-19-10-8-9-11-23(19)38(5,6)36/h7-11,14-16H,1,29H2,2-6H3,(H,31,35)(H2,30,32,33,34). The lowest BCUT2D eigenvalue weighted by Gasteiger charge is -2.17. The summed E-state index contributed by atoms with van der Waals surface area (Å²) in [7, 11) is -1.06. The van der Waals surface area contributed by atoms with Gasteiger partial charge in [-0.3, -0.25) is 4.79 Å². The highest BCUT2D eigenvalue weighted by atomic mass is 35.5. The predicted octanol–water partition coefficient (Wildman–Crippen LogP) is 5.09. The Labute approximate surface area is 227 Å². The number of hydrogen-bond acceptors (Lipinski definition) is 8. The third kappa shape index (κ3) is 7.59. The van der Waals surface area contributed by atoms with Gasteiger partial charge >= 0.3 is 0 Å². The van der Waals surface area contributed by atoms with Gasteiger partial charge in [0.2, 0.25) is 11.9 Å². The minimum absolute atomic E-state index is 0.201. The van der Waals surface area contributed by atoms with E-state index in [0.717, 1.165) is 6.08 Å². The summed E-state index contributed by atoms with van der Waals surface area (Å²) >= 11 is 6.37. The van der Waals surface area contributed by atoms with Crippen molar-refractivity contribution in [2.45, 2.75) is 19.4 Å². The van der Waals surface area contributed by atoms with E-state index in [4.69, 9.17) is 22.1 Å². The fourth-order valence-corrected chi connectivity index (χ4v) is 4.57. The van der Waals surface area contributed by atoms with E-state index in [1.54, 1.807) is 51.4 Å². The quantitative estimate of drug-likeness (QED) is 0.173. The molecule has 0 saturated carbocycles. The molecule has 0 bridgehead atoms. The van der Waals surface area contributed by atoms with Crippen LogP contribution in [0.2, 0.25) is 5.02 Å². The summed E-state index contributed by atoms with van der Waals surface area (Å²) in [5.74, 6) is 6.48. The molecule has 0 spiro atoms. The number of ether oxygens (including phenoxy) is 1. The van der Waals surface area contributed by atoms with Crippen molar-refractivity contribution < 1.29 is 14.1 Å². The topological polar surface area (TPSA) is 131 Å². The summed E-state index contributed by atoms with van der Waals surface area (Å²) in [4.78, 5) is 20.9. The van der Waals surface area contributed by atoms with E-state index in [1.165, 1.54) is 13.3 Å². The van der Waals surface area contributed by atoms with Crippen LogP contribution in [0, 0.1) is 11.8 Å². The van der Waals surface area contributed by atoms with Crippen molar-refractivity contribution in [2.75, 3.05) is 36.4 Å². The Hall–Kier alpha value is -3.83. The number of carbonyl (C=O) groups is 1. The van der Waals surface area contributed by atoms with Crippen molar-refractivity contribution in [1.29, 1.82) is 0 Å². The largest absolute Gasteiger partial charge is 0.495 e. The van der Waals surface area contributed by atoms with Crippen LogP contribution in [0.4, 0.5) is 28.8 Å². The molecule has 1 aromatic heterocycles. The Kier molecular flexibility index (Phi) is 8.85. The summed E-state index contributed by atoms with van der Waals surface area (Å²) in [5.41, 5.74) is 7.27. The molecule has 9 nitrogen and oxygen atoms in total. The van der Waals surface area contributed by atoms with Crippen LogP contribution >= 0.6 is 18.7 Å². The number of benzene rings is 2. The number of para-hydroxylation sites is 1. The van der Waals surface area contributed by atoms with Gasteiger partial charge < -0.3 is 31.0 Å². The second kappa shape index (κ2) is 11.7. The van der Waals surface area contributed by atoms with Crippen LogP contribution in [-0.2, 0) is 9.36 Å². The van der Waals surface area contributed by atoms with Crippen molar-refractivity contribution in [3.63, 3.8) is 0 Å². The maximum Gasteiger partial charge on any atom is 0.247 e. The van der Waals surface area contributed by atoms with Crippen molar-refractivity contribution >= 4 is 58.8 Å². The number of nitrogens with two attached hydrogens (primary N) is 1. The number of methoxy groups -OCH3 is 1. The monoisotopic (exact) mass is 552 g/mol. The molecule has 1 amide bonds. The molecule has 1 heterocycles. The van der Waals surface area contributed by atoms with Crippen LogP contribution in [0.3, 0.4) is 0 Å². The highest BCUT2D eigenvalue weighted by Gasteiger charge is 2.18. The SMILES string of the molecule is C=CC(=O)Nc1cc(Nc2ncc(Cl)c(Nc3ccccc3P(C)(C)=O)n2)c(OC)cc1C#CC(C)(C)N. The van der Waals surface area contributed by atoms with Crippen LogP contribution in [0.5, 0.6) is 5.75 Å². The van der Waals surface area contributed by atoms with Gasteiger partial charge in [-0.05, 0) is 51.5 Å². The van der Waals surface area contributed by atoms with Crippen molar-refractivity contribution in [3.8, 4) is 17.6 Å². The van der Waals surface area contributed by atoms with Crippen LogP contribution in [0.15, 0.2) is 55.3 Å². The lowest BCUT2D eigenvalue weighted by Crippen LogP contribution is -2.29. The van der Waals surface area contributed by atoms with E-state index in [2.05, 4.69) is 44.3 Å². The third-order valence-electron chi connectivity index (χ3n) is 5.03. The molecule has 11 heteroatoms. The molecule has 2 aromatic carbocycles. The Balaban J connectivity index is 2.02. The molecule has 0 unspecified atom stereocenters. The molecule has 38 heavy (non-hydrogen) atoms. The second-order valence-electron chi connectivity index (χ2n) is 9.27. The summed E-state index contributed by atoms with van der Waals surface area (Å²) in [6.07, 6.45) is 2.60. The summed E-state index contributed by atoms with van der Waals surface area (Å²) < 4.78 is 18.3. The Morgan fingerprint density at radius 3 is 2.53 bits per heavy atom. The first-order valence-corrected chi connectivity index (χ1v) is 14.5. The Morgan fingerprint density at radius 1 is 1.18 bits per heavy atom. The molecule has 5 N–H and O–H groups in total. The number of carbonyl (C=O) groups excluding carboxylic acids is 1. The molecule has 198 valence electrons. The van der Waals surface area contributed by atoms with Gasteiger partial charge in [0.05, 0.1) is 41.5 Å². The van der Waals surface area contributed by atoms with Gasteiger partial charge in [-0.1, -0.05) is 42.2 Å². The molecule has 0 atom stereocenters. The van der Waals surface area contributed by atoms with Crippen molar-refractivity contribution in [3.05, 3.63) is 65.8 Å². The molecule has 0 aliphatic heterocycles. The average molecular weight is 553 g/mol. The van der Waals surface area contributed by atoms with E-state index in [1.807, 2.05) is 12.1 Å². The number of nitrogens with zero attached hydrogens (tertiary/aromatic N) is 2. The van der Waals surface area contributed by atoms with Gasteiger partial charge in [-0.15, -0.1) is 0 Å². The molecule has 0 radical (unpaired) electrons. The van der Waals surface area contributed by atoms with E-state index in [0.29, 0.717) is 39.5 Å². The van der Waals surface area contributed by atoms with E-state index in [-0.39, 0.29) is 11.0 Å². The zero-order valence-electron chi connectivity index (χ0n) is 21.8. The molecule has 0 aliphatic rings. The summed E-state index contributed by atoms with van der Waals surface area (Å²) in [6.45, 7) is 10.4. The zero-order valence-corrected chi connectivity index (χ0v) is 23.5. The van der Waals surface area contributed by atoms with Crippen molar-refractivity contribution in [1.82, 2.24) is 9.97 Å². The van der Waals surface area contributed by atoms with Crippen LogP contribution in [0.25, 0.3) is 0 Å². The molecule has 3 rings (SSSR count). The fourth-order valence-electron chi connectivity index (χ4n) is 3.28. The van der Waals surface area contributed by atoms with Crippen LogP contribution in [0.1, 0.15) is 19.4 Å². The minimum Gasteiger partial charge on any atom is -0.495 e. The van der Waals surface area contributed by atoms with Gasteiger partial charge in [0.1, 0.15) is 17.9 Å². The van der Waals surface area contributed by atoms with Crippen LogP contribution in [-0.4, -0.2) is 41.9 Å². The van der Waals surface area contributed by atoms with E-state index >= 15 is 0 Å². The first-order chi connectivity index (χ1) is 17.8. The smallest absolute Gasteiger partial charge is 0.247 e. The molecular formula is C27H30ClN6O3P. The van der Waals surface area contributed by atoms with E-state index in [9.17, 15) is 9.36 Å². The number of hydrogen-bond donors (Lipinski definition) is 4. The first-order valence-electron chi connectivity index (χ1n) is 11.5. The molecule has 0 saturated heterocycles. The lowest BCUT2D eigenvalue weighted by molar-refractivity contribution is -0.111. The Morgan fingerprint density at radius 2 is 1.89 bits per heavy atom. The van der Waals surface area contributed by atoms with E-state index < -0.39 is 18.6 Å². The molecular weight excluding hydrogens is 523 g/mol. The number of halogens is 1. The molecule has 0 aliphatic carbocycles. The summed E-state index contributed by atoms with van der Waals surface area (Å²) in [5, 5.41) is 9.96. The van der Waals surface area contributed by atoms with Gasteiger partial charge in [-0.25, -0.2) is 4.98 Å². The first kappa shape index (κ1) is 28.7. The van der Waals surface area contributed by atoms with Crippen LogP contribution < -0.4 is 31.7 Å². The number of rotatable bonds is 8. The van der Waals surface area contributed by atoms with Gasteiger partial charge in [-0.2, -0.15) is 4.98 Å².